The van der Waals surface area contributed by atoms with Crippen LogP contribution in [-0.4, -0.2) is 45.3 Å². The van der Waals surface area contributed by atoms with Crippen LogP contribution in [0, 0.1) is 11.8 Å². The Bertz CT molecular complexity index is 833. The number of aromatic nitrogens is 2. The summed E-state index contributed by atoms with van der Waals surface area (Å²) in [6, 6.07) is 0. The van der Waals surface area contributed by atoms with E-state index in [4.69, 9.17) is 0 Å². The van der Waals surface area contributed by atoms with Crippen molar-refractivity contribution >= 4 is 23.6 Å². The standard InChI is InChI=1S/C19H23N5O4/c25-15(9-10-24-18(27)11-5-1-2-6-12(11)19(24)28)21-23-17(26)16-13-7-3-4-8-14(13)20-22-16/h1-2,11-12H,3-10H2,(H,20,22)(H,21,25)(H,23,26). The Morgan fingerprint density at radius 1 is 1.07 bits per heavy atom. The summed E-state index contributed by atoms with van der Waals surface area (Å²) in [6.45, 7) is 0.0180. The topological polar surface area (TPSA) is 124 Å². The molecule has 4 rings (SSSR count). The molecule has 1 fully saturated rings. The molecule has 9 nitrogen and oxygen atoms in total. The summed E-state index contributed by atoms with van der Waals surface area (Å²) in [6.07, 6.45) is 8.66. The number of nitrogens with zero attached hydrogens (tertiary/aromatic N) is 2. The minimum Gasteiger partial charge on any atom is -0.282 e. The Hall–Kier alpha value is -2.97. The number of fused-ring (bicyclic) bond motifs is 2. The van der Waals surface area contributed by atoms with Crippen molar-refractivity contribution in [1.82, 2.24) is 25.9 Å². The smallest absolute Gasteiger partial charge is 0.282 e. The number of aryl methyl sites for hydroxylation is 1. The maximum absolute atomic E-state index is 12.4. The maximum Gasteiger partial charge on any atom is 0.290 e. The molecule has 9 heteroatoms. The van der Waals surface area contributed by atoms with Gasteiger partial charge in [-0.2, -0.15) is 5.10 Å². The monoisotopic (exact) mass is 385 g/mol. The molecule has 1 aromatic heterocycles. The average molecular weight is 385 g/mol. The first kappa shape index (κ1) is 18.4. The zero-order chi connectivity index (χ0) is 19.7. The number of carbonyl (C=O) groups is 4. The summed E-state index contributed by atoms with van der Waals surface area (Å²) in [4.78, 5) is 50.3. The molecule has 28 heavy (non-hydrogen) atoms. The highest BCUT2D eigenvalue weighted by molar-refractivity contribution is 6.05. The van der Waals surface area contributed by atoms with Crippen LogP contribution in [0.1, 0.15) is 53.8 Å². The first-order valence-electron chi connectivity index (χ1n) is 9.71. The van der Waals surface area contributed by atoms with Crippen molar-refractivity contribution in [3.05, 3.63) is 29.1 Å². The van der Waals surface area contributed by atoms with E-state index in [1.165, 1.54) is 4.90 Å². The Kier molecular flexibility index (Phi) is 4.97. The largest absolute Gasteiger partial charge is 0.290 e. The number of H-pyrrole nitrogens is 1. The fourth-order valence-corrected chi connectivity index (χ4v) is 4.22. The molecule has 1 saturated heterocycles. The van der Waals surface area contributed by atoms with Gasteiger partial charge in [0.05, 0.1) is 11.8 Å². The number of aromatic amines is 1. The second-order valence-electron chi connectivity index (χ2n) is 7.47. The molecule has 2 heterocycles. The molecule has 3 N–H and O–H groups in total. The Labute approximate surface area is 161 Å². The molecule has 4 amide bonds. The van der Waals surface area contributed by atoms with Crippen LogP contribution in [0.2, 0.25) is 0 Å². The lowest BCUT2D eigenvalue weighted by atomic mass is 9.85. The number of amides is 4. The molecule has 0 aromatic carbocycles. The number of hydrogen-bond acceptors (Lipinski definition) is 5. The van der Waals surface area contributed by atoms with E-state index in [0.717, 1.165) is 36.9 Å². The zero-order valence-corrected chi connectivity index (χ0v) is 15.5. The lowest BCUT2D eigenvalue weighted by molar-refractivity contribution is -0.140. The van der Waals surface area contributed by atoms with Crippen molar-refractivity contribution in [3.63, 3.8) is 0 Å². The van der Waals surface area contributed by atoms with Crippen LogP contribution in [0.4, 0.5) is 0 Å². The third-order valence-electron chi connectivity index (χ3n) is 5.75. The quantitative estimate of drug-likeness (QED) is 0.393. The summed E-state index contributed by atoms with van der Waals surface area (Å²) in [5, 5.41) is 6.93. The molecule has 2 atom stereocenters. The molecule has 0 radical (unpaired) electrons. The van der Waals surface area contributed by atoms with E-state index in [9.17, 15) is 19.2 Å². The number of likely N-dealkylation sites (tertiary alicyclic amines) is 1. The fraction of sp³-hybridized carbons (Fsp3) is 0.526. The molecule has 3 aliphatic rings. The van der Waals surface area contributed by atoms with Crippen LogP contribution in [0.5, 0.6) is 0 Å². The van der Waals surface area contributed by atoms with Crippen molar-refractivity contribution < 1.29 is 19.2 Å². The molecule has 148 valence electrons. The third kappa shape index (κ3) is 3.32. The molecule has 2 unspecified atom stereocenters. The highest BCUT2D eigenvalue weighted by atomic mass is 16.2. The van der Waals surface area contributed by atoms with Crippen LogP contribution >= 0.6 is 0 Å². The summed E-state index contributed by atoms with van der Waals surface area (Å²) in [7, 11) is 0. The van der Waals surface area contributed by atoms with Crippen molar-refractivity contribution in [1.29, 1.82) is 0 Å². The van der Waals surface area contributed by atoms with Gasteiger partial charge in [0, 0.05) is 24.2 Å². The lowest BCUT2D eigenvalue weighted by Gasteiger charge is -2.15. The van der Waals surface area contributed by atoms with Gasteiger partial charge in [0.15, 0.2) is 5.69 Å². The lowest BCUT2D eigenvalue weighted by Crippen LogP contribution is -2.44. The van der Waals surface area contributed by atoms with Gasteiger partial charge in [-0.05, 0) is 38.5 Å². The first-order valence-corrected chi connectivity index (χ1v) is 9.71. The van der Waals surface area contributed by atoms with E-state index in [-0.39, 0.29) is 36.6 Å². The number of carbonyl (C=O) groups excluding carboxylic acids is 4. The normalized spacial score (nSPS) is 23.4. The summed E-state index contributed by atoms with van der Waals surface area (Å²) >= 11 is 0. The van der Waals surface area contributed by atoms with E-state index in [1.54, 1.807) is 0 Å². The molecule has 2 aliphatic carbocycles. The van der Waals surface area contributed by atoms with Crippen molar-refractivity contribution in [2.45, 2.75) is 44.9 Å². The van der Waals surface area contributed by atoms with Gasteiger partial charge in [0.25, 0.3) is 5.91 Å². The van der Waals surface area contributed by atoms with Gasteiger partial charge in [-0.3, -0.25) is 40.0 Å². The molecule has 1 aromatic rings. The Morgan fingerprint density at radius 2 is 1.75 bits per heavy atom. The molecule has 1 aliphatic heterocycles. The second kappa shape index (κ2) is 7.57. The Balaban J connectivity index is 1.27. The van der Waals surface area contributed by atoms with Gasteiger partial charge in [-0.1, -0.05) is 12.2 Å². The number of allylic oxidation sites excluding steroid dienone is 2. The second-order valence-corrected chi connectivity index (χ2v) is 7.47. The van der Waals surface area contributed by atoms with E-state index in [2.05, 4.69) is 21.0 Å². The molecular weight excluding hydrogens is 362 g/mol. The van der Waals surface area contributed by atoms with Crippen molar-refractivity contribution in [3.8, 4) is 0 Å². The van der Waals surface area contributed by atoms with E-state index >= 15 is 0 Å². The summed E-state index contributed by atoms with van der Waals surface area (Å²) < 4.78 is 0. The van der Waals surface area contributed by atoms with Gasteiger partial charge < -0.3 is 0 Å². The predicted octanol–water partition coefficient (Wildman–Crippen LogP) is 0.391. The third-order valence-corrected chi connectivity index (χ3v) is 5.75. The van der Waals surface area contributed by atoms with E-state index in [0.29, 0.717) is 18.5 Å². The molecule has 0 spiro atoms. The number of nitrogens with one attached hydrogen (secondary N) is 3. The number of rotatable bonds is 4. The minimum absolute atomic E-state index is 0.0180. The van der Waals surface area contributed by atoms with Crippen molar-refractivity contribution in [2.24, 2.45) is 11.8 Å². The molecule has 0 saturated carbocycles. The fourth-order valence-electron chi connectivity index (χ4n) is 4.22. The maximum atomic E-state index is 12.4. The van der Waals surface area contributed by atoms with Crippen LogP contribution in [0.25, 0.3) is 0 Å². The summed E-state index contributed by atoms with van der Waals surface area (Å²) in [5.74, 6) is -1.96. The SMILES string of the molecule is O=C(CCN1C(=O)C2CC=CCC2C1=O)NNC(=O)c1n[nH]c2c1CCCC2. The number of hydrogen-bond donors (Lipinski definition) is 3. The summed E-state index contributed by atoms with van der Waals surface area (Å²) in [5.41, 5.74) is 6.89. The highest BCUT2D eigenvalue weighted by Crippen LogP contribution is 2.34. The van der Waals surface area contributed by atoms with E-state index < -0.39 is 11.8 Å². The molecular formula is C19H23N5O4. The van der Waals surface area contributed by atoms with Crippen LogP contribution in [0.3, 0.4) is 0 Å². The van der Waals surface area contributed by atoms with Crippen molar-refractivity contribution in [2.75, 3.05) is 6.54 Å². The van der Waals surface area contributed by atoms with Gasteiger partial charge in [-0.25, -0.2) is 0 Å². The van der Waals surface area contributed by atoms with Gasteiger partial charge in [0.1, 0.15) is 0 Å². The van der Waals surface area contributed by atoms with Gasteiger partial charge in [0.2, 0.25) is 17.7 Å². The number of hydrazine groups is 1. The minimum atomic E-state index is -0.474. The molecule has 0 bridgehead atoms. The van der Waals surface area contributed by atoms with Crippen LogP contribution in [-0.2, 0) is 27.2 Å². The predicted molar refractivity (Wildman–Crippen MR) is 97.5 cm³/mol. The number of imide groups is 1. The zero-order valence-electron chi connectivity index (χ0n) is 15.5. The average Bonchev–Trinajstić information content (AvgIpc) is 3.25. The van der Waals surface area contributed by atoms with Gasteiger partial charge in [-0.15, -0.1) is 0 Å². The van der Waals surface area contributed by atoms with Crippen LogP contribution < -0.4 is 10.9 Å². The van der Waals surface area contributed by atoms with Gasteiger partial charge >= 0.3 is 0 Å². The van der Waals surface area contributed by atoms with E-state index in [1.807, 2.05) is 12.2 Å². The van der Waals surface area contributed by atoms with Crippen LogP contribution in [0.15, 0.2) is 12.2 Å². The Morgan fingerprint density at radius 3 is 2.46 bits per heavy atom. The highest BCUT2D eigenvalue weighted by Gasteiger charge is 2.46. The first-order chi connectivity index (χ1) is 13.6.